The predicted molar refractivity (Wildman–Crippen MR) is 188 cm³/mol. The van der Waals surface area contributed by atoms with Crippen LogP contribution >= 0.6 is 0 Å². The van der Waals surface area contributed by atoms with Gasteiger partial charge < -0.3 is 24.0 Å². The molecule has 5 saturated heterocycles. The molecule has 0 radical (unpaired) electrons. The maximum Gasteiger partial charge on any atom is 0.329 e. The van der Waals surface area contributed by atoms with Gasteiger partial charge in [-0.15, -0.1) is 0 Å². The van der Waals surface area contributed by atoms with E-state index in [1.54, 1.807) is 7.11 Å². The van der Waals surface area contributed by atoms with Crippen LogP contribution in [-0.2, 0) is 29.9 Å². The Bertz CT molecular complexity index is 1970. The lowest BCUT2D eigenvalue weighted by molar-refractivity contribution is -0.158. The second kappa shape index (κ2) is 9.53. The first-order chi connectivity index (χ1) is 24.3. The van der Waals surface area contributed by atoms with Crippen molar-refractivity contribution in [2.24, 2.45) is 17.8 Å². The number of anilines is 2. The fraction of sp³-hybridized carbons (Fsp3) is 0.561. The highest BCUT2D eigenvalue weighted by atomic mass is 16.5. The van der Waals surface area contributed by atoms with Gasteiger partial charge >= 0.3 is 11.9 Å². The number of benzene rings is 2. The largest absolute Gasteiger partial charge is 0.469 e. The SMILES string of the molecule is C/C=C1/CN2CC[C@@]34c5cc6c(cc5O[C@@]35[C@H]2C[C@H]1[C@@H](C(=O)OC)N5c1ccccc14)[C@]12CCN3C/C(=C/C)[C@@H](C[C@H]3[C@@H]1N6C)[C@@H]2C(=O)OC. The number of carbonyl (C=O) groups is 2. The van der Waals surface area contributed by atoms with Crippen LogP contribution < -0.4 is 14.5 Å². The van der Waals surface area contributed by atoms with Crippen molar-refractivity contribution in [3.05, 3.63) is 76.4 Å². The highest BCUT2D eigenvalue weighted by molar-refractivity contribution is 5.89. The molecule has 5 bridgehead atoms. The number of carbonyl (C=O) groups excluding carboxylic acids is 2. The molecule has 6 fully saturated rings. The Kier molecular flexibility index (Phi) is 5.69. The van der Waals surface area contributed by atoms with Crippen LogP contribution in [0.25, 0.3) is 0 Å². The first kappa shape index (κ1) is 29.9. The maximum absolute atomic E-state index is 14.1. The first-order valence-corrected chi connectivity index (χ1v) is 18.7. The number of esters is 2. The second-order valence-corrected chi connectivity index (χ2v) is 16.5. The van der Waals surface area contributed by atoms with Crippen LogP contribution in [0.15, 0.2) is 59.7 Å². The van der Waals surface area contributed by atoms with Gasteiger partial charge in [0.25, 0.3) is 0 Å². The quantitative estimate of drug-likeness (QED) is 0.341. The Labute approximate surface area is 293 Å². The van der Waals surface area contributed by atoms with Crippen molar-refractivity contribution in [2.45, 2.75) is 80.3 Å². The van der Waals surface area contributed by atoms with Gasteiger partial charge in [-0.05, 0) is 81.3 Å². The molecule has 2 aromatic rings. The lowest BCUT2D eigenvalue weighted by Gasteiger charge is -2.64. The van der Waals surface area contributed by atoms with Gasteiger partial charge in [-0.25, -0.2) is 4.79 Å². The standard InChI is InChI=1S/C41H46N4O5/c1-6-22-20-43-14-12-39-27-19-32-28(18-30(27)42(3)36(39)31(43)16-24(22)34(39)37(46)48-4)40-13-15-44-21-23(7-2)25-17-33(44)41(40,50-32)45(35(25)38(47)49-5)29-11-9-8-10-26(29)40/h6-11,18-19,24-25,31,33-36H,12-17,20-21H2,1-5H3/b22-6-,23-7-/t24-,25-,31+,33-,34-,35+,36+,39+,40-,41+/m1/s1. The average molecular weight is 675 g/mol. The Morgan fingerprint density at radius 1 is 0.860 bits per heavy atom. The van der Waals surface area contributed by atoms with E-state index in [1.807, 2.05) is 0 Å². The summed E-state index contributed by atoms with van der Waals surface area (Å²) in [7, 11) is 5.35. The van der Waals surface area contributed by atoms with Gasteiger partial charge in [-0.1, -0.05) is 41.5 Å². The topological polar surface area (TPSA) is 74.8 Å². The van der Waals surface area contributed by atoms with Crippen molar-refractivity contribution in [2.75, 3.05) is 57.2 Å². The van der Waals surface area contributed by atoms with Crippen LogP contribution in [0, 0.1) is 17.8 Å². The summed E-state index contributed by atoms with van der Waals surface area (Å²) in [4.78, 5) is 38.4. The van der Waals surface area contributed by atoms with Gasteiger partial charge in [0.05, 0.1) is 37.6 Å². The predicted octanol–water partition coefficient (Wildman–Crippen LogP) is 4.38. The zero-order chi connectivity index (χ0) is 34.1. The molecule has 9 nitrogen and oxygen atoms in total. The van der Waals surface area contributed by atoms with Crippen LogP contribution in [0.2, 0.25) is 0 Å². The Morgan fingerprint density at radius 2 is 1.60 bits per heavy atom. The van der Waals surface area contributed by atoms with Gasteiger partial charge in [0.1, 0.15) is 11.8 Å². The van der Waals surface area contributed by atoms with Crippen LogP contribution in [0.3, 0.4) is 0 Å². The summed E-state index contributed by atoms with van der Waals surface area (Å²) in [6.45, 7) is 7.94. The molecule has 9 heteroatoms. The normalized spacial score (nSPS) is 42.5. The highest BCUT2D eigenvalue weighted by Gasteiger charge is 2.80. The third-order valence-corrected chi connectivity index (χ3v) is 15.5. The second-order valence-electron chi connectivity index (χ2n) is 16.5. The molecule has 8 heterocycles. The van der Waals surface area contributed by atoms with Crippen LogP contribution in [0.4, 0.5) is 11.4 Å². The maximum atomic E-state index is 14.1. The van der Waals surface area contributed by atoms with Crippen molar-refractivity contribution < 1.29 is 23.8 Å². The number of rotatable bonds is 2. The van der Waals surface area contributed by atoms with E-state index in [2.05, 4.69) is 89.0 Å². The summed E-state index contributed by atoms with van der Waals surface area (Å²) >= 11 is 0. The number of hydrogen-bond acceptors (Lipinski definition) is 9. The molecule has 0 amide bonds. The molecule has 8 aliphatic heterocycles. The lowest BCUT2D eigenvalue weighted by Crippen LogP contribution is -2.81. The number of allylic oxidation sites excluding steroid dienone is 2. The minimum absolute atomic E-state index is 0.0536. The van der Waals surface area contributed by atoms with Crippen LogP contribution in [0.5, 0.6) is 5.75 Å². The molecule has 0 unspecified atom stereocenters. The minimum Gasteiger partial charge on any atom is -0.469 e. The molecule has 1 saturated carbocycles. The summed E-state index contributed by atoms with van der Waals surface area (Å²) in [6.07, 6.45) is 8.12. The number of nitrogens with zero attached hydrogens (tertiary/aromatic N) is 4. The molecular weight excluding hydrogens is 628 g/mol. The summed E-state index contributed by atoms with van der Waals surface area (Å²) < 4.78 is 19.0. The summed E-state index contributed by atoms with van der Waals surface area (Å²) in [5.74, 6) is 0.602. The number of fused-ring (bicyclic) bond motifs is 6. The van der Waals surface area contributed by atoms with E-state index in [1.165, 1.54) is 40.6 Å². The van der Waals surface area contributed by atoms with E-state index < -0.39 is 17.2 Å². The van der Waals surface area contributed by atoms with E-state index in [-0.39, 0.29) is 47.2 Å². The molecule has 1 aliphatic carbocycles. The molecule has 10 atom stereocenters. The van der Waals surface area contributed by atoms with Gasteiger partial charge in [-0.2, -0.15) is 0 Å². The molecule has 0 N–H and O–H groups in total. The van der Waals surface area contributed by atoms with Gasteiger partial charge in [-0.3, -0.25) is 14.6 Å². The fourth-order valence-electron chi connectivity index (χ4n) is 13.9. The van der Waals surface area contributed by atoms with Crippen molar-refractivity contribution in [1.82, 2.24) is 9.80 Å². The number of methoxy groups -OCH3 is 2. The van der Waals surface area contributed by atoms with E-state index in [0.29, 0.717) is 6.04 Å². The van der Waals surface area contributed by atoms with Crippen molar-refractivity contribution in [3.63, 3.8) is 0 Å². The molecule has 260 valence electrons. The van der Waals surface area contributed by atoms with Crippen LogP contribution in [0.1, 0.15) is 56.2 Å². The average Bonchev–Trinajstić information content (AvgIpc) is 3.68. The number of likely N-dealkylation sites (N-methyl/N-ethyl adjacent to an activating group) is 1. The third kappa shape index (κ3) is 2.95. The molecule has 1 spiro atoms. The molecule has 0 aromatic heterocycles. The van der Waals surface area contributed by atoms with Crippen molar-refractivity contribution in [1.29, 1.82) is 0 Å². The van der Waals surface area contributed by atoms with Crippen molar-refractivity contribution in [3.8, 4) is 5.75 Å². The first-order valence-electron chi connectivity index (χ1n) is 18.7. The molecular formula is C41H46N4O5. The van der Waals surface area contributed by atoms with Crippen LogP contribution in [-0.4, -0.2) is 99.1 Å². The fourth-order valence-corrected chi connectivity index (χ4v) is 13.9. The molecule has 2 aromatic carbocycles. The Balaban J connectivity index is 1.16. The Hall–Kier alpha value is -3.82. The van der Waals surface area contributed by atoms with E-state index in [0.717, 1.165) is 63.3 Å². The van der Waals surface area contributed by atoms with E-state index in [9.17, 15) is 9.59 Å². The highest BCUT2D eigenvalue weighted by Crippen LogP contribution is 2.72. The number of hydrogen-bond donors (Lipinski definition) is 0. The summed E-state index contributed by atoms with van der Waals surface area (Å²) in [5.41, 5.74) is 7.11. The zero-order valence-electron chi connectivity index (χ0n) is 29.6. The number of piperidine rings is 5. The van der Waals surface area contributed by atoms with Gasteiger partial charge in [0.15, 0.2) is 0 Å². The molecule has 9 aliphatic rings. The van der Waals surface area contributed by atoms with Gasteiger partial charge in [0.2, 0.25) is 5.72 Å². The third-order valence-electron chi connectivity index (χ3n) is 15.5. The zero-order valence-corrected chi connectivity index (χ0v) is 29.6. The van der Waals surface area contributed by atoms with E-state index in [4.69, 9.17) is 14.2 Å². The summed E-state index contributed by atoms with van der Waals surface area (Å²) in [5, 5.41) is 0. The van der Waals surface area contributed by atoms with E-state index >= 15 is 0 Å². The number of para-hydroxylation sites is 1. The monoisotopic (exact) mass is 674 g/mol. The minimum atomic E-state index is -0.789. The summed E-state index contributed by atoms with van der Waals surface area (Å²) in [6, 6.07) is 13.7. The lowest BCUT2D eigenvalue weighted by atomic mass is 9.50. The van der Waals surface area contributed by atoms with Gasteiger partial charge in [0, 0.05) is 61.0 Å². The molecule has 11 rings (SSSR count). The smallest absolute Gasteiger partial charge is 0.329 e. The Morgan fingerprint density at radius 3 is 2.38 bits per heavy atom. The number of ether oxygens (including phenoxy) is 3. The van der Waals surface area contributed by atoms with Crippen molar-refractivity contribution >= 4 is 23.3 Å². The molecule has 50 heavy (non-hydrogen) atoms.